The number of nitrogens with one attached hydrogen (secondary N) is 1. The van der Waals surface area contributed by atoms with Crippen molar-refractivity contribution in [2.75, 3.05) is 13.1 Å². The van der Waals surface area contributed by atoms with E-state index in [2.05, 4.69) is 10.2 Å². The van der Waals surface area contributed by atoms with Crippen LogP contribution in [0.1, 0.15) is 35.7 Å². The van der Waals surface area contributed by atoms with Gasteiger partial charge in [0.1, 0.15) is 0 Å². The van der Waals surface area contributed by atoms with Gasteiger partial charge in [-0.1, -0.05) is 11.6 Å². The number of carboxylic acid groups (broad SMARTS) is 1. The molecule has 0 aliphatic carbocycles. The second-order valence-electron chi connectivity index (χ2n) is 6.07. The van der Waals surface area contributed by atoms with Crippen molar-refractivity contribution in [3.8, 4) is 0 Å². The molecule has 0 unspecified atom stereocenters. The fraction of sp³-hybridized carbons (Fsp3) is 0.471. The Morgan fingerprint density at radius 2 is 2.17 bits per heavy atom. The first kappa shape index (κ1) is 17.8. The van der Waals surface area contributed by atoms with Gasteiger partial charge < -0.3 is 15.4 Å². The van der Waals surface area contributed by atoms with Gasteiger partial charge in [0.05, 0.1) is 23.7 Å². The van der Waals surface area contributed by atoms with Gasteiger partial charge in [-0.05, 0) is 38.8 Å². The summed E-state index contributed by atoms with van der Waals surface area (Å²) in [7, 11) is 0. The Bertz CT molecular complexity index is 672. The van der Waals surface area contributed by atoms with Crippen LogP contribution in [0.25, 0.3) is 0 Å². The molecule has 128 valence electrons. The summed E-state index contributed by atoms with van der Waals surface area (Å²) in [6.07, 6.45) is 2.38. The molecule has 2 rings (SSSR count). The minimum Gasteiger partial charge on any atom is -0.481 e. The van der Waals surface area contributed by atoms with Crippen LogP contribution in [0.15, 0.2) is 28.4 Å². The molecule has 1 saturated heterocycles. The Hall–Kier alpha value is -2.57. The van der Waals surface area contributed by atoms with E-state index in [1.54, 1.807) is 17.0 Å². The van der Waals surface area contributed by atoms with E-state index in [1.165, 1.54) is 0 Å². The van der Waals surface area contributed by atoms with Crippen molar-refractivity contribution in [2.45, 2.75) is 32.7 Å². The fourth-order valence-electron chi connectivity index (χ4n) is 2.81. The number of azo groups is 1. The first-order valence-electron chi connectivity index (χ1n) is 7.95. The number of likely N-dealkylation sites (tertiary alicyclic amines) is 1. The van der Waals surface area contributed by atoms with E-state index in [4.69, 9.17) is 5.41 Å². The molecule has 0 aromatic heterocycles. The summed E-state index contributed by atoms with van der Waals surface area (Å²) >= 11 is 0. The number of aryl methyl sites for hydroxylation is 1. The van der Waals surface area contributed by atoms with Crippen molar-refractivity contribution in [2.24, 2.45) is 16.1 Å². The number of nitrogens with zero attached hydrogens (tertiary/aromatic N) is 3. The molecule has 2 N–H and O–H groups in total. The van der Waals surface area contributed by atoms with E-state index in [9.17, 15) is 14.7 Å². The average molecular weight is 330 g/mol. The molecule has 1 aromatic rings. The molecule has 7 nitrogen and oxygen atoms in total. The lowest BCUT2D eigenvalue weighted by atomic mass is 9.92. The zero-order valence-corrected chi connectivity index (χ0v) is 13.9. The summed E-state index contributed by atoms with van der Waals surface area (Å²) in [5.74, 6) is -1.62. The van der Waals surface area contributed by atoms with Crippen molar-refractivity contribution >= 4 is 23.8 Å². The van der Waals surface area contributed by atoms with E-state index < -0.39 is 11.9 Å². The number of rotatable bonds is 5. The second-order valence-corrected chi connectivity index (χ2v) is 6.07. The number of piperidine rings is 1. The van der Waals surface area contributed by atoms with Crippen LogP contribution >= 0.6 is 0 Å². The highest BCUT2D eigenvalue weighted by Crippen LogP contribution is 2.28. The van der Waals surface area contributed by atoms with Crippen LogP contribution in [0.2, 0.25) is 0 Å². The number of hydrogen-bond acceptors (Lipinski definition) is 5. The predicted octanol–water partition coefficient (Wildman–Crippen LogP) is 3.05. The normalized spacial score (nSPS) is 21.0. The Morgan fingerprint density at radius 1 is 1.42 bits per heavy atom. The van der Waals surface area contributed by atoms with Crippen LogP contribution in [0.5, 0.6) is 0 Å². The maximum absolute atomic E-state index is 13.0. The highest BCUT2D eigenvalue weighted by Gasteiger charge is 2.33. The van der Waals surface area contributed by atoms with Crippen molar-refractivity contribution < 1.29 is 14.7 Å². The van der Waals surface area contributed by atoms with E-state index in [0.29, 0.717) is 24.1 Å². The molecule has 1 aliphatic heterocycles. The minimum absolute atomic E-state index is 0.0139. The Morgan fingerprint density at radius 3 is 2.83 bits per heavy atom. The highest BCUT2D eigenvalue weighted by molar-refractivity contribution is 5.99. The standard InChI is InChI=1S/C17H22N4O3/c1-11-3-6-15(20-19-8-7-18)14(9-11)16(22)21-10-13(17(23)24)5-4-12(21)2/h3,6-7,9,12-13,18H,4-5,8,10H2,1-2H3,(H,23,24)/t12-,13-/m1/s1. The number of hydrogen-bond donors (Lipinski definition) is 2. The van der Waals surface area contributed by atoms with Crippen LogP contribution in [0.3, 0.4) is 0 Å². The molecule has 1 aliphatic rings. The first-order chi connectivity index (χ1) is 11.4. The molecule has 0 saturated carbocycles. The number of aliphatic carboxylic acids is 1. The topological polar surface area (TPSA) is 106 Å². The highest BCUT2D eigenvalue weighted by atomic mass is 16.4. The van der Waals surface area contributed by atoms with Crippen LogP contribution in [0, 0.1) is 18.3 Å². The fourth-order valence-corrected chi connectivity index (χ4v) is 2.81. The zero-order chi connectivity index (χ0) is 17.7. The number of carbonyl (C=O) groups excluding carboxylic acids is 1. The van der Waals surface area contributed by atoms with E-state index in [1.807, 2.05) is 19.9 Å². The summed E-state index contributed by atoms with van der Waals surface area (Å²) in [6.45, 7) is 4.18. The van der Waals surface area contributed by atoms with E-state index >= 15 is 0 Å². The van der Waals surface area contributed by atoms with Gasteiger partial charge in [0.15, 0.2) is 0 Å². The van der Waals surface area contributed by atoms with Gasteiger partial charge in [-0.15, -0.1) is 0 Å². The van der Waals surface area contributed by atoms with E-state index in [-0.39, 0.29) is 25.0 Å². The van der Waals surface area contributed by atoms with E-state index in [0.717, 1.165) is 11.8 Å². The SMILES string of the molecule is Cc1ccc(N=NCC=N)c(C(=O)N2C[C@H](C(=O)O)CC[C@H]2C)c1. The molecule has 24 heavy (non-hydrogen) atoms. The summed E-state index contributed by atoms with van der Waals surface area (Å²) in [5, 5.41) is 24.1. The number of benzene rings is 1. The van der Waals surface area contributed by atoms with Gasteiger partial charge in [0.25, 0.3) is 5.91 Å². The number of amides is 1. The number of carbonyl (C=O) groups is 2. The molecule has 0 radical (unpaired) electrons. The van der Waals surface area contributed by atoms with Gasteiger partial charge in [-0.3, -0.25) is 9.59 Å². The largest absolute Gasteiger partial charge is 0.481 e. The van der Waals surface area contributed by atoms with Crippen molar-refractivity contribution in [1.82, 2.24) is 4.90 Å². The average Bonchev–Trinajstić information content (AvgIpc) is 2.56. The molecule has 7 heteroatoms. The lowest BCUT2D eigenvalue weighted by Crippen LogP contribution is -2.47. The van der Waals surface area contributed by atoms with Crippen LogP contribution in [-0.2, 0) is 4.79 Å². The molecular formula is C17H22N4O3. The quantitative estimate of drug-likeness (QED) is 0.640. The van der Waals surface area contributed by atoms with Crippen molar-refractivity contribution in [3.05, 3.63) is 29.3 Å². The third-order valence-electron chi connectivity index (χ3n) is 4.23. The smallest absolute Gasteiger partial charge is 0.308 e. The van der Waals surface area contributed by atoms with Crippen LogP contribution in [0.4, 0.5) is 5.69 Å². The molecule has 1 fully saturated rings. The Labute approximate surface area is 140 Å². The van der Waals surface area contributed by atoms with Gasteiger partial charge in [0, 0.05) is 18.8 Å². The Kier molecular flexibility index (Phi) is 5.78. The third kappa shape index (κ3) is 4.04. The van der Waals surface area contributed by atoms with Crippen molar-refractivity contribution in [3.63, 3.8) is 0 Å². The predicted molar refractivity (Wildman–Crippen MR) is 90.2 cm³/mol. The van der Waals surface area contributed by atoms with Crippen LogP contribution in [-0.4, -0.2) is 47.2 Å². The molecule has 1 heterocycles. The summed E-state index contributed by atoms with van der Waals surface area (Å²) in [6, 6.07) is 5.30. The summed E-state index contributed by atoms with van der Waals surface area (Å²) in [5.41, 5.74) is 1.78. The monoisotopic (exact) mass is 330 g/mol. The maximum atomic E-state index is 13.0. The number of carboxylic acids is 1. The van der Waals surface area contributed by atoms with Crippen LogP contribution < -0.4 is 0 Å². The van der Waals surface area contributed by atoms with Crippen molar-refractivity contribution in [1.29, 1.82) is 5.41 Å². The van der Waals surface area contributed by atoms with Gasteiger partial charge in [0.2, 0.25) is 0 Å². The lowest BCUT2D eigenvalue weighted by Gasteiger charge is -2.36. The maximum Gasteiger partial charge on any atom is 0.308 e. The Balaban J connectivity index is 2.31. The third-order valence-corrected chi connectivity index (χ3v) is 4.23. The molecule has 1 amide bonds. The molecular weight excluding hydrogens is 308 g/mol. The molecule has 0 spiro atoms. The lowest BCUT2D eigenvalue weighted by molar-refractivity contribution is -0.143. The minimum atomic E-state index is -0.866. The molecule has 2 atom stereocenters. The summed E-state index contributed by atoms with van der Waals surface area (Å²) in [4.78, 5) is 25.9. The molecule has 0 bridgehead atoms. The van der Waals surface area contributed by atoms with Gasteiger partial charge in [-0.2, -0.15) is 10.2 Å². The van der Waals surface area contributed by atoms with Gasteiger partial charge >= 0.3 is 5.97 Å². The molecule has 1 aromatic carbocycles. The zero-order valence-electron chi connectivity index (χ0n) is 13.9. The van der Waals surface area contributed by atoms with Gasteiger partial charge in [-0.25, -0.2) is 0 Å². The first-order valence-corrected chi connectivity index (χ1v) is 7.95. The second kappa shape index (κ2) is 7.81. The summed E-state index contributed by atoms with van der Waals surface area (Å²) < 4.78 is 0.